The minimum absolute atomic E-state index is 0.0158. The molecule has 2 bridgehead atoms. The van der Waals surface area contributed by atoms with Gasteiger partial charge in [0.2, 0.25) is 5.91 Å². The molecule has 7 rings (SSSR count). The van der Waals surface area contributed by atoms with Crippen LogP contribution in [0.3, 0.4) is 0 Å². The van der Waals surface area contributed by atoms with Crippen LogP contribution < -0.4 is 15.4 Å². The van der Waals surface area contributed by atoms with Crippen LogP contribution in [-0.4, -0.2) is 96.7 Å². The summed E-state index contributed by atoms with van der Waals surface area (Å²) in [4.78, 5) is 36.2. The number of halogens is 1. The molecule has 2 amide bonds. The molecule has 0 radical (unpaired) electrons. The second kappa shape index (κ2) is 16.3. The van der Waals surface area contributed by atoms with Crippen LogP contribution in [0.2, 0.25) is 0 Å². The lowest BCUT2D eigenvalue weighted by atomic mass is 9.45. The summed E-state index contributed by atoms with van der Waals surface area (Å²) < 4.78 is 21.3. The number of nitrogens with one attached hydrogen (secondary N) is 2. The van der Waals surface area contributed by atoms with Gasteiger partial charge in [-0.05, 0) is 99.6 Å². The van der Waals surface area contributed by atoms with E-state index < -0.39 is 30.0 Å². The lowest BCUT2D eigenvalue weighted by Gasteiger charge is -2.62. The molecule has 4 aliphatic carbocycles. The number of amides is 2. The zero-order chi connectivity index (χ0) is 38.2. The number of carbonyl (C=O) groups excluding carboxylic acids is 2. The largest absolute Gasteiger partial charge is 0.496 e. The highest BCUT2D eigenvalue weighted by atomic mass is 19.1. The predicted molar refractivity (Wildman–Crippen MR) is 202 cm³/mol. The van der Waals surface area contributed by atoms with Gasteiger partial charge in [-0.1, -0.05) is 58.2 Å². The van der Waals surface area contributed by atoms with E-state index in [0.29, 0.717) is 52.7 Å². The molecule has 292 valence electrons. The maximum absolute atomic E-state index is 15.3. The summed E-state index contributed by atoms with van der Waals surface area (Å²) >= 11 is 0. The highest BCUT2D eigenvalue weighted by Crippen LogP contribution is 2.61. The summed E-state index contributed by atoms with van der Waals surface area (Å²) in [6, 6.07) is 8.95. The first-order chi connectivity index (χ1) is 25.2. The van der Waals surface area contributed by atoms with Gasteiger partial charge in [0.05, 0.1) is 26.4 Å². The van der Waals surface area contributed by atoms with Crippen LogP contribution in [0.15, 0.2) is 36.4 Å². The van der Waals surface area contributed by atoms with E-state index in [1.54, 1.807) is 18.1 Å². The number of aliphatic hydroxyl groups excluding tert-OH is 2. The SMILES string of the molecule is COc1c(CN2O[C@@H](CO)[C@@H]([C@H](C)O)[C@H]2C(=O)N[C@H]2C[C@@H]3C[C@H]([C@@H]2C)C3(C)C)cccc1-c1cc(F)cc(C(=O)N[C@H](CN(C)C)C2CCCCC2)c1. The molecule has 0 spiro atoms. The van der Waals surface area contributed by atoms with E-state index in [9.17, 15) is 19.8 Å². The molecular formula is C42H61FN4O6. The Bertz CT molecular complexity index is 1610. The Morgan fingerprint density at radius 3 is 2.49 bits per heavy atom. The third-order valence-electron chi connectivity index (χ3n) is 13.3. The first-order valence-electron chi connectivity index (χ1n) is 19.7. The summed E-state index contributed by atoms with van der Waals surface area (Å²) in [5, 5.41) is 29.3. The molecule has 1 aliphatic heterocycles. The fourth-order valence-corrected chi connectivity index (χ4v) is 10.2. The van der Waals surface area contributed by atoms with Crippen LogP contribution >= 0.6 is 0 Å². The van der Waals surface area contributed by atoms with Gasteiger partial charge in [-0.2, -0.15) is 5.06 Å². The Morgan fingerprint density at radius 2 is 1.87 bits per heavy atom. The number of ether oxygens (including phenoxy) is 1. The Hall–Kier alpha value is -3.09. The second-order valence-corrected chi connectivity index (χ2v) is 17.2. The first-order valence-corrected chi connectivity index (χ1v) is 19.7. The fourth-order valence-electron chi connectivity index (χ4n) is 10.2. The van der Waals surface area contributed by atoms with Gasteiger partial charge in [-0.25, -0.2) is 4.39 Å². The van der Waals surface area contributed by atoms with Gasteiger partial charge >= 0.3 is 0 Å². The molecule has 0 unspecified atom stereocenters. The van der Waals surface area contributed by atoms with Gasteiger partial charge in [0, 0.05) is 41.2 Å². The summed E-state index contributed by atoms with van der Waals surface area (Å²) in [5.41, 5.74) is 2.23. The van der Waals surface area contributed by atoms with Gasteiger partial charge in [-0.3, -0.25) is 14.4 Å². The van der Waals surface area contributed by atoms with Crippen molar-refractivity contribution in [2.45, 2.75) is 110 Å². The monoisotopic (exact) mass is 736 g/mol. The van der Waals surface area contributed by atoms with Crippen molar-refractivity contribution >= 4 is 11.8 Å². The molecule has 10 nitrogen and oxygen atoms in total. The molecule has 5 fully saturated rings. The highest BCUT2D eigenvalue weighted by Gasteiger charge is 2.57. The van der Waals surface area contributed by atoms with Crippen molar-refractivity contribution in [3.63, 3.8) is 0 Å². The van der Waals surface area contributed by atoms with E-state index in [1.165, 1.54) is 32.1 Å². The van der Waals surface area contributed by atoms with Crippen LogP contribution in [0.5, 0.6) is 5.75 Å². The average molecular weight is 737 g/mol. The lowest BCUT2D eigenvalue weighted by Crippen LogP contribution is -2.62. The normalized spacial score (nSPS) is 29.7. The average Bonchev–Trinajstić information content (AvgIpc) is 3.50. The fraction of sp³-hybridized carbons (Fsp3) is 0.667. The summed E-state index contributed by atoms with van der Waals surface area (Å²) in [6.07, 6.45) is 6.03. The van der Waals surface area contributed by atoms with Crippen molar-refractivity contribution in [3.8, 4) is 16.9 Å². The number of aliphatic hydroxyl groups is 2. The Balaban J connectivity index is 1.25. The molecule has 53 heavy (non-hydrogen) atoms. The topological polar surface area (TPSA) is 124 Å². The predicted octanol–water partition coefficient (Wildman–Crippen LogP) is 5.40. The summed E-state index contributed by atoms with van der Waals surface area (Å²) in [6.45, 7) is 8.93. The van der Waals surface area contributed by atoms with Crippen LogP contribution in [-0.2, 0) is 16.2 Å². The molecule has 4 N–H and O–H groups in total. The molecule has 2 aromatic carbocycles. The quantitative estimate of drug-likeness (QED) is 0.216. The van der Waals surface area contributed by atoms with Gasteiger partial charge in [0.1, 0.15) is 23.7 Å². The van der Waals surface area contributed by atoms with Gasteiger partial charge in [-0.15, -0.1) is 0 Å². The van der Waals surface area contributed by atoms with E-state index in [1.807, 2.05) is 32.3 Å². The van der Waals surface area contributed by atoms with Gasteiger partial charge < -0.3 is 30.5 Å². The van der Waals surface area contributed by atoms with Crippen molar-refractivity contribution in [2.24, 2.45) is 35.0 Å². The Labute approximate surface area is 314 Å². The Morgan fingerprint density at radius 1 is 1.13 bits per heavy atom. The molecule has 0 aromatic heterocycles. The molecule has 1 saturated heterocycles. The minimum atomic E-state index is -0.926. The van der Waals surface area contributed by atoms with E-state index in [2.05, 4.69) is 36.3 Å². The minimum Gasteiger partial charge on any atom is -0.496 e. The highest BCUT2D eigenvalue weighted by molar-refractivity contribution is 5.96. The molecule has 2 aromatic rings. The number of methoxy groups -OCH3 is 1. The number of benzene rings is 2. The third-order valence-corrected chi connectivity index (χ3v) is 13.3. The number of nitrogens with zero attached hydrogens (tertiary/aromatic N) is 2. The lowest BCUT2D eigenvalue weighted by molar-refractivity contribution is -0.183. The van der Waals surface area contributed by atoms with E-state index in [-0.39, 0.29) is 48.0 Å². The molecule has 4 saturated carbocycles. The van der Waals surface area contributed by atoms with Crippen molar-refractivity contribution < 1.29 is 33.8 Å². The summed E-state index contributed by atoms with van der Waals surface area (Å²) in [5.74, 6) is 0.473. The number of hydrogen-bond acceptors (Lipinski definition) is 8. The number of likely N-dealkylation sites (N-methyl/N-ethyl adjacent to an activating group) is 1. The van der Waals surface area contributed by atoms with Crippen LogP contribution in [0.1, 0.15) is 88.6 Å². The zero-order valence-electron chi connectivity index (χ0n) is 32.6. The second-order valence-electron chi connectivity index (χ2n) is 17.2. The number of para-hydroxylation sites is 1. The van der Waals surface area contributed by atoms with Crippen molar-refractivity contribution in [1.82, 2.24) is 20.6 Å². The first kappa shape index (κ1) is 39.6. The van der Waals surface area contributed by atoms with Crippen molar-refractivity contribution in [3.05, 3.63) is 53.3 Å². The maximum atomic E-state index is 15.3. The molecule has 9 atom stereocenters. The maximum Gasteiger partial charge on any atom is 0.251 e. The zero-order valence-corrected chi connectivity index (χ0v) is 32.6. The van der Waals surface area contributed by atoms with Gasteiger partial charge in [0.15, 0.2) is 0 Å². The molecule has 1 heterocycles. The number of carbonyl (C=O) groups is 2. The van der Waals surface area contributed by atoms with E-state index >= 15 is 4.39 Å². The van der Waals surface area contributed by atoms with Crippen LogP contribution in [0, 0.1) is 40.8 Å². The van der Waals surface area contributed by atoms with Crippen LogP contribution in [0.4, 0.5) is 4.39 Å². The third kappa shape index (κ3) is 8.15. The Kier molecular flexibility index (Phi) is 12.2. The number of hydrogen-bond donors (Lipinski definition) is 4. The number of fused-ring (bicyclic) bond motifs is 2. The summed E-state index contributed by atoms with van der Waals surface area (Å²) in [7, 11) is 5.53. The molecule has 11 heteroatoms. The van der Waals surface area contributed by atoms with Crippen molar-refractivity contribution in [1.29, 1.82) is 0 Å². The number of rotatable bonds is 13. The van der Waals surface area contributed by atoms with Gasteiger partial charge in [0.25, 0.3) is 5.91 Å². The molecule has 5 aliphatic rings. The van der Waals surface area contributed by atoms with Crippen molar-refractivity contribution in [2.75, 3.05) is 34.4 Å². The van der Waals surface area contributed by atoms with Crippen LogP contribution in [0.25, 0.3) is 11.1 Å². The standard InChI is InChI=1S/C42H61FN4O6/c1-24-33-19-30(42(33,3)4)20-34(24)44-41(51)38-37(25(2)49)36(23-48)53-47(38)21-27-14-11-15-32(39(27)52-7)28-16-29(18-31(43)17-28)40(50)45-35(22-46(5)6)26-12-9-8-10-13-26/h11,14-18,24-26,30,33-38,48-49H,8-10,12-13,19-23H2,1-7H3,(H,44,51)(H,45,50)/t24-,25-,30-,33+,34-,35+,36-,37+,38-/m0/s1. The van der Waals surface area contributed by atoms with E-state index in [0.717, 1.165) is 32.1 Å². The molecular weight excluding hydrogens is 675 g/mol. The smallest absolute Gasteiger partial charge is 0.251 e. The number of hydroxylamine groups is 2. The van der Waals surface area contributed by atoms with E-state index in [4.69, 9.17) is 9.57 Å².